The van der Waals surface area contributed by atoms with Crippen molar-refractivity contribution in [3.63, 3.8) is 0 Å². The summed E-state index contributed by atoms with van der Waals surface area (Å²) in [5.74, 6) is 1.27. The molecule has 1 aliphatic rings. The van der Waals surface area contributed by atoms with Gasteiger partial charge in [-0.05, 0) is 51.1 Å². The number of hydrogen-bond donors (Lipinski definition) is 1. The zero-order valence-corrected chi connectivity index (χ0v) is 15.3. The van der Waals surface area contributed by atoms with Crippen LogP contribution in [0.2, 0.25) is 5.02 Å². The SMILES string of the molecule is C[C@@H](Oc1ccc(Cl)cc1)C(=O)N[C@@H]1CC(C)(C)Oc2ccccc21. The molecule has 0 saturated heterocycles. The van der Waals surface area contributed by atoms with Gasteiger partial charge in [-0.25, -0.2) is 0 Å². The highest BCUT2D eigenvalue weighted by Crippen LogP contribution is 2.39. The Hall–Kier alpha value is -2.20. The first kappa shape index (κ1) is 17.6. The second-order valence-electron chi connectivity index (χ2n) is 6.88. The predicted molar refractivity (Wildman–Crippen MR) is 98.2 cm³/mol. The number of fused-ring (bicyclic) bond motifs is 1. The molecule has 0 bridgehead atoms. The molecule has 25 heavy (non-hydrogen) atoms. The van der Waals surface area contributed by atoms with Crippen LogP contribution in [0.3, 0.4) is 0 Å². The smallest absolute Gasteiger partial charge is 0.261 e. The molecule has 0 aromatic heterocycles. The maximum Gasteiger partial charge on any atom is 0.261 e. The fraction of sp³-hybridized carbons (Fsp3) is 0.350. The number of benzene rings is 2. The van der Waals surface area contributed by atoms with Crippen LogP contribution < -0.4 is 14.8 Å². The van der Waals surface area contributed by atoms with Crippen molar-refractivity contribution in [1.82, 2.24) is 5.32 Å². The summed E-state index contributed by atoms with van der Waals surface area (Å²) < 4.78 is 11.7. The summed E-state index contributed by atoms with van der Waals surface area (Å²) >= 11 is 5.87. The minimum absolute atomic E-state index is 0.108. The Labute approximate surface area is 153 Å². The van der Waals surface area contributed by atoms with E-state index in [1.807, 2.05) is 38.1 Å². The molecule has 0 aliphatic carbocycles. The Morgan fingerprint density at radius 3 is 2.64 bits per heavy atom. The molecule has 0 radical (unpaired) electrons. The molecule has 1 N–H and O–H groups in total. The minimum atomic E-state index is -0.612. The van der Waals surface area contributed by atoms with Crippen LogP contribution in [0, 0.1) is 0 Å². The van der Waals surface area contributed by atoms with E-state index in [1.165, 1.54) is 0 Å². The molecule has 0 unspecified atom stereocenters. The van der Waals surface area contributed by atoms with Crippen molar-refractivity contribution in [2.45, 2.75) is 44.9 Å². The Balaban J connectivity index is 1.70. The number of rotatable bonds is 4. The number of ether oxygens (including phenoxy) is 2. The van der Waals surface area contributed by atoms with Gasteiger partial charge in [0.1, 0.15) is 17.1 Å². The largest absolute Gasteiger partial charge is 0.487 e. The maximum absolute atomic E-state index is 12.6. The molecule has 0 spiro atoms. The van der Waals surface area contributed by atoms with Crippen LogP contribution in [0.1, 0.15) is 38.8 Å². The first-order valence-electron chi connectivity index (χ1n) is 8.35. The number of amides is 1. The summed E-state index contributed by atoms with van der Waals surface area (Å²) in [5, 5.41) is 3.72. The number of nitrogens with one attached hydrogen (secondary N) is 1. The van der Waals surface area contributed by atoms with Crippen molar-refractivity contribution in [3.05, 3.63) is 59.1 Å². The molecule has 1 heterocycles. The molecule has 2 aromatic carbocycles. The lowest BCUT2D eigenvalue weighted by atomic mass is 9.89. The monoisotopic (exact) mass is 359 g/mol. The van der Waals surface area contributed by atoms with E-state index in [9.17, 15) is 4.79 Å². The van der Waals surface area contributed by atoms with Gasteiger partial charge in [0.05, 0.1) is 6.04 Å². The van der Waals surface area contributed by atoms with E-state index in [2.05, 4.69) is 5.32 Å². The van der Waals surface area contributed by atoms with E-state index in [4.69, 9.17) is 21.1 Å². The van der Waals surface area contributed by atoms with E-state index in [1.54, 1.807) is 31.2 Å². The van der Waals surface area contributed by atoms with Gasteiger partial charge in [0.2, 0.25) is 0 Å². The zero-order valence-electron chi connectivity index (χ0n) is 14.6. The molecule has 3 rings (SSSR count). The van der Waals surface area contributed by atoms with Gasteiger partial charge in [0.25, 0.3) is 5.91 Å². The van der Waals surface area contributed by atoms with Gasteiger partial charge < -0.3 is 14.8 Å². The summed E-state index contributed by atoms with van der Waals surface area (Å²) in [5.41, 5.74) is 0.654. The third-order valence-electron chi connectivity index (χ3n) is 4.19. The van der Waals surface area contributed by atoms with E-state index in [-0.39, 0.29) is 17.6 Å². The molecule has 0 fully saturated rings. The fourth-order valence-electron chi connectivity index (χ4n) is 2.99. The lowest BCUT2D eigenvalue weighted by Crippen LogP contribution is -2.44. The Bertz CT molecular complexity index is 758. The summed E-state index contributed by atoms with van der Waals surface area (Å²) in [4.78, 5) is 12.6. The number of halogens is 1. The fourth-order valence-corrected chi connectivity index (χ4v) is 3.12. The van der Waals surface area contributed by atoms with Crippen LogP contribution in [0.5, 0.6) is 11.5 Å². The quantitative estimate of drug-likeness (QED) is 0.872. The van der Waals surface area contributed by atoms with Crippen molar-refractivity contribution in [3.8, 4) is 11.5 Å². The van der Waals surface area contributed by atoms with E-state index >= 15 is 0 Å². The standard InChI is InChI=1S/C20H22ClNO3/c1-13(24-15-10-8-14(21)9-11-15)19(23)22-17-12-20(2,3)25-18-7-5-4-6-16(17)18/h4-11,13,17H,12H2,1-3H3,(H,22,23)/t13-,17-/m1/s1. The molecule has 5 heteroatoms. The van der Waals surface area contributed by atoms with Gasteiger partial charge in [-0.3, -0.25) is 4.79 Å². The highest BCUT2D eigenvalue weighted by molar-refractivity contribution is 6.30. The molecule has 2 aromatic rings. The number of para-hydroxylation sites is 1. The number of hydrogen-bond acceptors (Lipinski definition) is 3. The zero-order chi connectivity index (χ0) is 18.0. The number of carbonyl (C=O) groups excluding carboxylic acids is 1. The third-order valence-corrected chi connectivity index (χ3v) is 4.44. The van der Waals surface area contributed by atoms with Crippen molar-refractivity contribution >= 4 is 17.5 Å². The van der Waals surface area contributed by atoms with Crippen molar-refractivity contribution < 1.29 is 14.3 Å². The van der Waals surface area contributed by atoms with Gasteiger partial charge in [0.15, 0.2) is 6.10 Å². The first-order chi connectivity index (χ1) is 11.8. The predicted octanol–water partition coefficient (Wildman–Crippen LogP) is 4.53. The van der Waals surface area contributed by atoms with Crippen LogP contribution in [0.15, 0.2) is 48.5 Å². The molecule has 2 atom stereocenters. The average Bonchev–Trinajstić information content (AvgIpc) is 2.56. The minimum Gasteiger partial charge on any atom is -0.487 e. The molecule has 132 valence electrons. The van der Waals surface area contributed by atoms with E-state index < -0.39 is 6.10 Å². The first-order valence-corrected chi connectivity index (χ1v) is 8.72. The summed E-state index contributed by atoms with van der Waals surface area (Å²) in [6.07, 6.45) is 0.0861. The second kappa shape index (κ2) is 6.96. The Morgan fingerprint density at radius 2 is 1.92 bits per heavy atom. The van der Waals surface area contributed by atoms with Crippen LogP contribution in [0.4, 0.5) is 0 Å². The maximum atomic E-state index is 12.6. The molecule has 0 saturated carbocycles. The summed E-state index contributed by atoms with van der Waals surface area (Å²) in [6.45, 7) is 5.78. The van der Waals surface area contributed by atoms with Crippen LogP contribution >= 0.6 is 11.6 Å². The van der Waals surface area contributed by atoms with Crippen LogP contribution in [-0.2, 0) is 4.79 Å². The lowest BCUT2D eigenvalue weighted by molar-refractivity contribution is -0.128. The third kappa shape index (κ3) is 4.26. The highest BCUT2D eigenvalue weighted by atomic mass is 35.5. The van der Waals surface area contributed by atoms with Gasteiger partial charge >= 0.3 is 0 Å². The van der Waals surface area contributed by atoms with Crippen molar-refractivity contribution in [2.75, 3.05) is 0 Å². The normalized spacial score (nSPS) is 19.3. The highest BCUT2D eigenvalue weighted by Gasteiger charge is 2.35. The average molecular weight is 360 g/mol. The van der Waals surface area contributed by atoms with Crippen molar-refractivity contribution in [1.29, 1.82) is 0 Å². The van der Waals surface area contributed by atoms with Crippen LogP contribution in [-0.4, -0.2) is 17.6 Å². The van der Waals surface area contributed by atoms with Gasteiger partial charge in [-0.2, -0.15) is 0 Å². The summed E-state index contributed by atoms with van der Waals surface area (Å²) in [6, 6.07) is 14.7. The molecular weight excluding hydrogens is 338 g/mol. The van der Waals surface area contributed by atoms with Crippen LogP contribution in [0.25, 0.3) is 0 Å². The molecule has 1 amide bonds. The number of carbonyl (C=O) groups is 1. The van der Waals surface area contributed by atoms with E-state index in [0.717, 1.165) is 11.3 Å². The topological polar surface area (TPSA) is 47.6 Å². The Morgan fingerprint density at radius 1 is 1.24 bits per heavy atom. The van der Waals surface area contributed by atoms with Gasteiger partial charge in [-0.1, -0.05) is 29.8 Å². The van der Waals surface area contributed by atoms with E-state index in [0.29, 0.717) is 17.2 Å². The molecule has 1 aliphatic heterocycles. The molecule has 4 nitrogen and oxygen atoms in total. The molecular formula is C20H22ClNO3. The second-order valence-corrected chi connectivity index (χ2v) is 7.32. The Kier molecular flexibility index (Phi) is 4.91. The van der Waals surface area contributed by atoms with Gasteiger partial charge in [0, 0.05) is 17.0 Å². The van der Waals surface area contributed by atoms with Gasteiger partial charge in [-0.15, -0.1) is 0 Å². The lowest BCUT2D eigenvalue weighted by Gasteiger charge is -2.38. The van der Waals surface area contributed by atoms with Crippen molar-refractivity contribution in [2.24, 2.45) is 0 Å². The summed E-state index contributed by atoms with van der Waals surface area (Å²) in [7, 11) is 0.